The zero-order chi connectivity index (χ0) is 17.9. The van der Waals surface area contributed by atoms with Gasteiger partial charge >= 0.3 is 0 Å². The molecule has 0 spiro atoms. The van der Waals surface area contributed by atoms with Crippen LogP contribution >= 0.6 is 0 Å². The fraction of sp³-hybridized carbons (Fsp3) is 0. The summed E-state index contributed by atoms with van der Waals surface area (Å²) in [5.74, 6) is 0.0339. The molecule has 124 valence electrons. The van der Waals surface area contributed by atoms with Crippen LogP contribution in [0.25, 0.3) is 0 Å². The maximum atomic E-state index is 13.3. The highest BCUT2D eigenvalue weighted by molar-refractivity contribution is 7.93. The number of hydrogen-bond acceptors (Lipinski definition) is 4. The number of benzene rings is 3. The van der Waals surface area contributed by atoms with Crippen LogP contribution in [0.15, 0.2) is 83.8 Å². The third-order valence-corrected chi connectivity index (χ3v) is 5.41. The van der Waals surface area contributed by atoms with Crippen molar-refractivity contribution in [3.05, 3.63) is 84.4 Å². The standard InChI is InChI=1S/C19H14N2O3S/c20-14-15-6-4-5-9-19(15)25(23,24)21(16-7-2-1-3-8-16)17-10-12-18(22)13-11-17/h1-13,22H. The molecule has 0 radical (unpaired) electrons. The van der Waals surface area contributed by atoms with Gasteiger partial charge in [-0.2, -0.15) is 5.26 Å². The van der Waals surface area contributed by atoms with Gasteiger partial charge in [0, 0.05) is 0 Å². The van der Waals surface area contributed by atoms with Crippen LogP contribution in [0, 0.1) is 11.3 Å². The van der Waals surface area contributed by atoms with Gasteiger partial charge in [0.1, 0.15) is 16.7 Å². The first-order valence-corrected chi connectivity index (χ1v) is 8.86. The topological polar surface area (TPSA) is 81.4 Å². The number of rotatable bonds is 4. The smallest absolute Gasteiger partial charge is 0.269 e. The Labute approximate surface area is 146 Å². The van der Waals surface area contributed by atoms with Crippen LogP contribution in [0.1, 0.15) is 5.56 Å². The Morgan fingerprint density at radius 2 is 1.36 bits per heavy atom. The molecule has 0 saturated heterocycles. The van der Waals surface area contributed by atoms with E-state index in [1.165, 1.54) is 36.4 Å². The SMILES string of the molecule is N#Cc1ccccc1S(=O)(=O)N(c1ccccc1)c1ccc(O)cc1. The minimum absolute atomic E-state index is 0.0339. The summed E-state index contributed by atoms with van der Waals surface area (Å²) in [4.78, 5) is -0.0746. The van der Waals surface area contributed by atoms with Crippen molar-refractivity contribution in [2.75, 3.05) is 4.31 Å². The normalized spacial score (nSPS) is 10.8. The third-order valence-electron chi connectivity index (χ3n) is 3.60. The Bertz CT molecular complexity index is 1020. The molecule has 0 heterocycles. The number of anilines is 2. The maximum absolute atomic E-state index is 13.3. The summed E-state index contributed by atoms with van der Waals surface area (Å²) in [6, 6.07) is 22.4. The summed E-state index contributed by atoms with van der Waals surface area (Å²) in [6.07, 6.45) is 0. The number of phenolic OH excluding ortho intramolecular Hbond substituents is 1. The van der Waals surface area contributed by atoms with Crippen molar-refractivity contribution in [2.24, 2.45) is 0 Å². The van der Waals surface area contributed by atoms with Crippen molar-refractivity contribution < 1.29 is 13.5 Å². The summed E-state index contributed by atoms with van der Waals surface area (Å²) in [5.41, 5.74) is 0.861. The van der Waals surface area contributed by atoms with Crippen molar-refractivity contribution in [3.8, 4) is 11.8 Å². The van der Waals surface area contributed by atoms with E-state index < -0.39 is 10.0 Å². The van der Waals surface area contributed by atoms with Gasteiger partial charge in [-0.15, -0.1) is 0 Å². The van der Waals surface area contributed by atoms with E-state index in [4.69, 9.17) is 0 Å². The maximum Gasteiger partial charge on any atom is 0.269 e. The van der Waals surface area contributed by atoms with Crippen molar-refractivity contribution in [1.82, 2.24) is 0 Å². The molecule has 0 aromatic heterocycles. The van der Waals surface area contributed by atoms with Crippen LogP contribution in [0.2, 0.25) is 0 Å². The second kappa shape index (κ2) is 6.67. The molecule has 0 amide bonds. The molecular formula is C19H14N2O3S. The number of para-hydroxylation sites is 1. The zero-order valence-electron chi connectivity index (χ0n) is 13.1. The number of hydrogen-bond donors (Lipinski definition) is 1. The third kappa shape index (κ3) is 3.18. The van der Waals surface area contributed by atoms with Gasteiger partial charge in [0.05, 0.1) is 16.9 Å². The molecule has 3 rings (SSSR count). The molecule has 0 saturated carbocycles. The predicted octanol–water partition coefficient (Wildman–Crippen LogP) is 3.79. The van der Waals surface area contributed by atoms with Crippen molar-refractivity contribution in [3.63, 3.8) is 0 Å². The molecule has 0 aliphatic heterocycles. The number of phenols is 1. The number of nitriles is 1. The van der Waals surface area contributed by atoms with Gasteiger partial charge in [-0.3, -0.25) is 0 Å². The molecule has 5 nitrogen and oxygen atoms in total. The summed E-state index contributed by atoms with van der Waals surface area (Å²) < 4.78 is 27.8. The number of aromatic hydroxyl groups is 1. The Balaban J connectivity index is 2.24. The van der Waals surface area contributed by atoms with Crippen LogP contribution in [0.4, 0.5) is 11.4 Å². The Kier molecular flexibility index (Phi) is 4.42. The number of nitrogens with zero attached hydrogens (tertiary/aromatic N) is 2. The molecule has 0 atom stereocenters. The van der Waals surface area contributed by atoms with E-state index in [2.05, 4.69) is 0 Å². The first-order valence-electron chi connectivity index (χ1n) is 7.42. The van der Waals surface area contributed by atoms with Crippen molar-refractivity contribution >= 4 is 21.4 Å². The first-order chi connectivity index (χ1) is 12.0. The van der Waals surface area contributed by atoms with E-state index in [0.29, 0.717) is 11.4 Å². The molecule has 6 heteroatoms. The van der Waals surface area contributed by atoms with Gasteiger partial charge in [-0.25, -0.2) is 12.7 Å². The van der Waals surface area contributed by atoms with Crippen LogP contribution in [0.3, 0.4) is 0 Å². The van der Waals surface area contributed by atoms with E-state index in [1.807, 2.05) is 6.07 Å². The van der Waals surface area contributed by atoms with E-state index in [0.717, 1.165) is 4.31 Å². The van der Waals surface area contributed by atoms with E-state index in [9.17, 15) is 18.8 Å². The quantitative estimate of drug-likeness (QED) is 0.776. The van der Waals surface area contributed by atoms with Gasteiger partial charge < -0.3 is 5.11 Å². The molecule has 0 aliphatic carbocycles. The lowest BCUT2D eigenvalue weighted by molar-refractivity contribution is 0.475. The lowest BCUT2D eigenvalue weighted by atomic mass is 10.2. The fourth-order valence-electron chi connectivity index (χ4n) is 2.46. The summed E-state index contributed by atoms with van der Waals surface area (Å²) >= 11 is 0. The van der Waals surface area contributed by atoms with Crippen LogP contribution in [0.5, 0.6) is 5.75 Å². The molecule has 1 N–H and O–H groups in total. The Morgan fingerprint density at radius 3 is 2.00 bits per heavy atom. The Hall–Kier alpha value is -3.30. The minimum atomic E-state index is -4.03. The van der Waals surface area contributed by atoms with E-state index in [-0.39, 0.29) is 16.2 Å². The summed E-state index contributed by atoms with van der Waals surface area (Å²) in [5, 5.41) is 18.8. The zero-order valence-corrected chi connectivity index (χ0v) is 13.9. The lowest BCUT2D eigenvalue weighted by Gasteiger charge is -2.25. The van der Waals surface area contributed by atoms with Crippen LogP contribution in [-0.4, -0.2) is 13.5 Å². The summed E-state index contributed by atoms with van der Waals surface area (Å²) in [6.45, 7) is 0. The highest BCUT2D eigenvalue weighted by Gasteiger charge is 2.28. The molecule has 0 fully saturated rings. The molecule has 3 aromatic rings. The predicted molar refractivity (Wildman–Crippen MR) is 95.0 cm³/mol. The van der Waals surface area contributed by atoms with Crippen molar-refractivity contribution in [1.29, 1.82) is 5.26 Å². The molecular weight excluding hydrogens is 336 g/mol. The molecule has 3 aromatic carbocycles. The molecule has 0 unspecified atom stereocenters. The molecule has 0 bridgehead atoms. The second-order valence-corrected chi connectivity index (χ2v) is 6.98. The lowest BCUT2D eigenvalue weighted by Crippen LogP contribution is -2.26. The first kappa shape index (κ1) is 16.6. The monoisotopic (exact) mass is 350 g/mol. The average Bonchev–Trinajstić information content (AvgIpc) is 2.64. The summed E-state index contributed by atoms with van der Waals surface area (Å²) in [7, 11) is -4.03. The van der Waals surface area contributed by atoms with Gasteiger partial charge in [0.25, 0.3) is 10.0 Å². The highest BCUT2D eigenvalue weighted by atomic mass is 32.2. The minimum Gasteiger partial charge on any atom is -0.508 e. The number of sulfonamides is 1. The second-order valence-electron chi connectivity index (χ2n) is 5.23. The van der Waals surface area contributed by atoms with E-state index in [1.54, 1.807) is 42.5 Å². The average molecular weight is 350 g/mol. The largest absolute Gasteiger partial charge is 0.508 e. The molecule has 25 heavy (non-hydrogen) atoms. The Morgan fingerprint density at radius 1 is 0.800 bits per heavy atom. The van der Waals surface area contributed by atoms with Gasteiger partial charge in [0.2, 0.25) is 0 Å². The van der Waals surface area contributed by atoms with E-state index >= 15 is 0 Å². The van der Waals surface area contributed by atoms with Crippen LogP contribution in [-0.2, 0) is 10.0 Å². The fourth-order valence-corrected chi connectivity index (χ4v) is 4.10. The van der Waals surface area contributed by atoms with Gasteiger partial charge in [-0.05, 0) is 48.5 Å². The van der Waals surface area contributed by atoms with Crippen molar-refractivity contribution in [2.45, 2.75) is 4.90 Å². The van der Waals surface area contributed by atoms with Crippen LogP contribution < -0.4 is 4.31 Å². The highest BCUT2D eigenvalue weighted by Crippen LogP contribution is 2.34. The van der Waals surface area contributed by atoms with Gasteiger partial charge in [0.15, 0.2) is 0 Å². The van der Waals surface area contributed by atoms with Gasteiger partial charge in [-0.1, -0.05) is 30.3 Å². The molecule has 0 aliphatic rings.